The molecule has 6 atom stereocenters. The lowest BCUT2D eigenvalue weighted by Crippen LogP contribution is -2.60. The van der Waals surface area contributed by atoms with Crippen molar-refractivity contribution in [2.45, 2.75) is 250 Å². The van der Waals surface area contributed by atoms with Crippen LogP contribution in [0.1, 0.15) is 213 Å². The van der Waals surface area contributed by atoms with E-state index in [0.29, 0.717) is 13.0 Å². The van der Waals surface area contributed by atoms with Crippen LogP contribution >= 0.6 is 0 Å². The van der Waals surface area contributed by atoms with Gasteiger partial charge >= 0.3 is 16.4 Å². The highest BCUT2D eigenvalue weighted by Gasteiger charge is 2.48. The summed E-state index contributed by atoms with van der Waals surface area (Å²) in [4.78, 5) is 12.8. The fourth-order valence-corrected chi connectivity index (χ4v) is 7.95. The van der Waals surface area contributed by atoms with Crippen molar-refractivity contribution in [3.05, 3.63) is 0 Å². The monoisotopic (exact) mass is 839 g/mol. The number of rotatable bonds is 41. The van der Waals surface area contributed by atoms with Crippen LogP contribution in [0, 0.1) is 0 Å². The molecule has 4 N–H and O–H groups in total. The minimum absolute atomic E-state index is 0.0444. The largest absolute Gasteiger partial charge is 0.457 e. The van der Waals surface area contributed by atoms with Gasteiger partial charge in [0.25, 0.3) is 0 Å². The molecule has 1 aliphatic rings. The molecule has 1 aliphatic heterocycles. The molecule has 0 amide bonds. The maximum absolute atomic E-state index is 12.8. The van der Waals surface area contributed by atoms with E-state index in [0.717, 1.165) is 38.5 Å². The molecule has 0 radical (unpaired) electrons. The Labute approximate surface area is 347 Å². The molecule has 1 saturated heterocycles. The molecule has 0 aromatic rings. The first kappa shape index (κ1) is 54.1. The average Bonchev–Trinajstić information content (AvgIpc) is 3.18. The van der Waals surface area contributed by atoms with Crippen LogP contribution in [0.25, 0.3) is 0 Å². The minimum atomic E-state index is -5.05. The molecule has 1 rings (SSSR count). The Bertz CT molecular complexity index is 1020. The second-order valence-corrected chi connectivity index (χ2v) is 17.4. The van der Waals surface area contributed by atoms with Crippen molar-refractivity contribution in [2.24, 2.45) is 0 Å². The molecule has 57 heavy (non-hydrogen) atoms. The molecule has 12 nitrogen and oxygen atoms in total. The Morgan fingerprint density at radius 2 is 1.00 bits per heavy atom. The Balaban J connectivity index is 2.38. The van der Waals surface area contributed by atoms with E-state index in [1.807, 2.05) is 0 Å². The molecule has 6 unspecified atom stereocenters. The smallest absolute Gasteiger partial charge is 0.397 e. The third-order valence-corrected chi connectivity index (χ3v) is 11.4. The Morgan fingerprint density at radius 1 is 0.596 bits per heavy atom. The van der Waals surface area contributed by atoms with Gasteiger partial charge in [0.15, 0.2) is 6.29 Å². The molecule has 0 aliphatic carbocycles. The molecule has 0 spiro atoms. The average molecular weight is 839 g/mol. The second-order valence-electron chi connectivity index (χ2n) is 16.4. The zero-order valence-corrected chi connectivity index (χ0v) is 37.0. The normalized spacial score (nSPS) is 20.6. The number of ether oxygens (including phenoxy) is 4. The summed E-state index contributed by atoms with van der Waals surface area (Å²) in [6.45, 7) is 4.03. The van der Waals surface area contributed by atoms with E-state index in [1.54, 1.807) is 0 Å². The van der Waals surface area contributed by atoms with Gasteiger partial charge in [0.05, 0.1) is 19.8 Å². The summed E-state index contributed by atoms with van der Waals surface area (Å²) >= 11 is 0. The van der Waals surface area contributed by atoms with Crippen LogP contribution in [0.2, 0.25) is 0 Å². The van der Waals surface area contributed by atoms with E-state index in [-0.39, 0.29) is 19.6 Å². The van der Waals surface area contributed by atoms with Crippen LogP contribution < -0.4 is 0 Å². The van der Waals surface area contributed by atoms with Crippen molar-refractivity contribution < 1.29 is 56.2 Å². The zero-order valence-electron chi connectivity index (χ0n) is 36.2. The highest BCUT2D eigenvalue weighted by molar-refractivity contribution is 7.80. The highest BCUT2D eigenvalue weighted by atomic mass is 32.3. The summed E-state index contributed by atoms with van der Waals surface area (Å²) in [6, 6.07) is 0. The standard InChI is InChI=1S/C44H86O12S/c1-3-5-7-9-11-13-15-17-18-19-20-21-22-23-25-27-29-31-33-40(46)54-38(36-52-34-32-30-28-26-24-16-14-12-10-8-6-4-2)37-53-44-42(48)43(56-57(49,50)51)41(47)39(35-45)55-44/h38-39,41-45,47-48H,3-37H2,1-2H3,(H,49,50,51). The molecular weight excluding hydrogens is 753 g/mol. The van der Waals surface area contributed by atoms with E-state index < -0.39 is 59.8 Å². The van der Waals surface area contributed by atoms with Gasteiger partial charge in [-0.15, -0.1) is 0 Å². The van der Waals surface area contributed by atoms with Crippen LogP contribution in [0.5, 0.6) is 0 Å². The predicted molar refractivity (Wildman–Crippen MR) is 225 cm³/mol. The van der Waals surface area contributed by atoms with Gasteiger partial charge in [0.1, 0.15) is 30.5 Å². The summed E-state index contributed by atoms with van der Waals surface area (Å²) < 4.78 is 59.0. The Hall–Kier alpha value is -0.900. The van der Waals surface area contributed by atoms with Crippen molar-refractivity contribution in [1.29, 1.82) is 0 Å². The summed E-state index contributed by atoms with van der Waals surface area (Å²) in [5, 5.41) is 30.6. The molecule has 340 valence electrons. The molecule has 0 saturated carbocycles. The van der Waals surface area contributed by atoms with E-state index in [2.05, 4.69) is 18.0 Å². The lowest BCUT2D eigenvalue weighted by Gasteiger charge is -2.41. The van der Waals surface area contributed by atoms with Gasteiger partial charge in [-0.1, -0.05) is 194 Å². The van der Waals surface area contributed by atoms with Gasteiger partial charge in [-0.2, -0.15) is 8.42 Å². The molecule has 0 bridgehead atoms. The van der Waals surface area contributed by atoms with Crippen molar-refractivity contribution in [3.63, 3.8) is 0 Å². The fourth-order valence-electron chi connectivity index (χ4n) is 7.44. The van der Waals surface area contributed by atoms with Crippen LogP contribution in [-0.4, -0.2) is 97.5 Å². The number of aliphatic hydroxyl groups excluding tert-OH is 3. The zero-order chi connectivity index (χ0) is 41.8. The van der Waals surface area contributed by atoms with Gasteiger partial charge in [0, 0.05) is 13.0 Å². The van der Waals surface area contributed by atoms with Gasteiger partial charge in [-0.05, 0) is 12.8 Å². The van der Waals surface area contributed by atoms with Crippen LogP contribution in [0.3, 0.4) is 0 Å². The first-order chi connectivity index (χ1) is 27.6. The van der Waals surface area contributed by atoms with Crippen LogP contribution in [0.4, 0.5) is 0 Å². The van der Waals surface area contributed by atoms with Gasteiger partial charge in [0.2, 0.25) is 0 Å². The van der Waals surface area contributed by atoms with Crippen LogP contribution in [0.15, 0.2) is 0 Å². The van der Waals surface area contributed by atoms with Crippen molar-refractivity contribution in [2.75, 3.05) is 26.4 Å². The minimum Gasteiger partial charge on any atom is -0.457 e. The summed E-state index contributed by atoms with van der Waals surface area (Å²) in [6.07, 6.45) is 28.5. The maximum atomic E-state index is 12.8. The topological polar surface area (TPSA) is 178 Å². The number of esters is 1. The van der Waals surface area contributed by atoms with Gasteiger partial charge < -0.3 is 34.3 Å². The SMILES string of the molecule is CCCCCCCCCCCCCCCCCCCCC(=O)OC(COCCCCCCCCCCCCCC)COC1OC(CO)C(O)C(OS(=O)(=O)O)C1O. The first-order valence-electron chi connectivity index (χ1n) is 23.3. The van der Waals surface area contributed by atoms with E-state index in [1.165, 1.54) is 148 Å². The molecule has 1 fully saturated rings. The number of hydrogen-bond donors (Lipinski definition) is 4. The van der Waals surface area contributed by atoms with Crippen molar-refractivity contribution >= 4 is 16.4 Å². The van der Waals surface area contributed by atoms with E-state index in [4.69, 9.17) is 23.5 Å². The third-order valence-electron chi connectivity index (χ3n) is 11.0. The fraction of sp³-hybridized carbons (Fsp3) is 0.977. The lowest BCUT2D eigenvalue weighted by atomic mass is 9.99. The number of hydrogen-bond acceptors (Lipinski definition) is 11. The second kappa shape index (κ2) is 36.9. The highest BCUT2D eigenvalue weighted by Crippen LogP contribution is 2.26. The predicted octanol–water partition coefficient (Wildman–Crippen LogP) is 9.69. The maximum Gasteiger partial charge on any atom is 0.397 e. The number of carbonyl (C=O) groups excluding carboxylic acids is 1. The summed E-state index contributed by atoms with van der Waals surface area (Å²) in [5.41, 5.74) is 0. The molecular formula is C44H86O12S. The molecule has 0 aromatic carbocycles. The molecule has 1 heterocycles. The van der Waals surface area contributed by atoms with Gasteiger partial charge in [-0.25, -0.2) is 4.18 Å². The first-order valence-corrected chi connectivity index (χ1v) is 24.7. The number of carbonyl (C=O) groups is 1. The summed E-state index contributed by atoms with van der Waals surface area (Å²) in [5.74, 6) is -0.393. The van der Waals surface area contributed by atoms with Crippen molar-refractivity contribution in [3.8, 4) is 0 Å². The third kappa shape index (κ3) is 30.7. The van der Waals surface area contributed by atoms with Crippen LogP contribution in [-0.2, 0) is 38.3 Å². The molecule has 13 heteroatoms. The number of unbranched alkanes of at least 4 members (excludes halogenated alkanes) is 28. The van der Waals surface area contributed by atoms with E-state index in [9.17, 15) is 28.5 Å². The Morgan fingerprint density at radius 3 is 1.40 bits per heavy atom. The van der Waals surface area contributed by atoms with Crippen molar-refractivity contribution in [1.82, 2.24) is 0 Å². The number of aliphatic hydroxyl groups is 3. The molecule has 0 aromatic heterocycles. The lowest BCUT2D eigenvalue weighted by molar-refractivity contribution is -0.301. The quantitative estimate of drug-likeness (QED) is 0.0261. The Kier molecular flexibility index (Phi) is 35.0. The summed E-state index contributed by atoms with van der Waals surface area (Å²) in [7, 11) is -5.05. The van der Waals surface area contributed by atoms with Gasteiger partial charge in [-0.3, -0.25) is 9.35 Å². The van der Waals surface area contributed by atoms with E-state index >= 15 is 0 Å².